The van der Waals surface area contributed by atoms with Crippen LogP contribution in [0.3, 0.4) is 0 Å². The van der Waals surface area contributed by atoms with Gasteiger partial charge >= 0.3 is 6.01 Å². The molecule has 2 N–H and O–H groups in total. The first-order chi connectivity index (χ1) is 20.1. The van der Waals surface area contributed by atoms with Crippen molar-refractivity contribution in [3.8, 4) is 17.5 Å². The van der Waals surface area contributed by atoms with Crippen molar-refractivity contribution < 1.29 is 19.2 Å². The van der Waals surface area contributed by atoms with Crippen molar-refractivity contribution in [1.29, 1.82) is 5.26 Å². The van der Waals surface area contributed by atoms with E-state index in [0.717, 1.165) is 56.9 Å². The second-order valence-electron chi connectivity index (χ2n) is 10.6. The van der Waals surface area contributed by atoms with Crippen LogP contribution < -0.4 is 10.2 Å². The van der Waals surface area contributed by atoms with E-state index in [4.69, 9.17) is 19.7 Å². The van der Waals surface area contributed by atoms with Gasteiger partial charge in [0, 0.05) is 31.1 Å². The Morgan fingerprint density at radius 3 is 2.39 bits per heavy atom. The lowest BCUT2D eigenvalue weighted by Gasteiger charge is -2.32. The molecule has 1 amide bonds. The highest BCUT2D eigenvalue weighted by Gasteiger charge is 2.27. The molecule has 2 aromatic carbocycles. The fourth-order valence-electron chi connectivity index (χ4n) is 5.51. The number of rotatable bonds is 9. The second-order valence-corrected chi connectivity index (χ2v) is 10.6. The van der Waals surface area contributed by atoms with Gasteiger partial charge in [0.25, 0.3) is 6.47 Å². The van der Waals surface area contributed by atoms with Crippen molar-refractivity contribution in [1.82, 2.24) is 20.4 Å². The zero-order valence-corrected chi connectivity index (χ0v) is 23.3. The van der Waals surface area contributed by atoms with Gasteiger partial charge in [-0.2, -0.15) is 10.2 Å². The molecule has 0 atom stereocenters. The largest absolute Gasteiger partial charge is 0.483 e. The number of aromatic nitrogens is 2. The lowest BCUT2D eigenvalue weighted by atomic mass is 9.90. The maximum atomic E-state index is 12.7. The highest BCUT2D eigenvalue weighted by Crippen LogP contribution is 2.25. The number of carboxylic acid groups (broad SMARTS) is 1. The van der Waals surface area contributed by atoms with E-state index in [1.165, 1.54) is 24.8 Å². The lowest BCUT2D eigenvalue weighted by molar-refractivity contribution is -0.125. The summed E-state index contributed by atoms with van der Waals surface area (Å²) in [6, 6.07) is 20.5. The summed E-state index contributed by atoms with van der Waals surface area (Å²) in [5, 5.41) is 23.1. The summed E-state index contributed by atoms with van der Waals surface area (Å²) < 4.78 is 5.48. The van der Waals surface area contributed by atoms with Gasteiger partial charge in [0.05, 0.1) is 11.6 Å². The van der Waals surface area contributed by atoms with Gasteiger partial charge < -0.3 is 24.7 Å². The van der Waals surface area contributed by atoms with Crippen LogP contribution in [0.5, 0.6) is 0 Å². The van der Waals surface area contributed by atoms with Crippen molar-refractivity contribution >= 4 is 18.4 Å². The first-order valence-corrected chi connectivity index (χ1v) is 14.3. The van der Waals surface area contributed by atoms with E-state index >= 15 is 0 Å². The molecule has 10 heteroatoms. The van der Waals surface area contributed by atoms with Gasteiger partial charge in [0.2, 0.25) is 11.7 Å². The van der Waals surface area contributed by atoms with Gasteiger partial charge in [-0.15, -0.1) is 0 Å². The minimum Gasteiger partial charge on any atom is -0.483 e. The molecule has 5 rings (SSSR count). The summed E-state index contributed by atoms with van der Waals surface area (Å²) in [6.07, 6.45) is 6.25. The average Bonchev–Trinajstić information content (AvgIpc) is 3.52. The van der Waals surface area contributed by atoms with E-state index in [2.05, 4.69) is 56.8 Å². The van der Waals surface area contributed by atoms with Crippen LogP contribution in [-0.4, -0.2) is 71.8 Å². The number of carbonyl (C=O) groups excluding carboxylic acids is 1. The average molecular weight is 559 g/mol. The van der Waals surface area contributed by atoms with Crippen molar-refractivity contribution in [2.24, 2.45) is 11.8 Å². The zero-order chi connectivity index (χ0) is 28.9. The quantitative estimate of drug-likeness (QED) is 0.295. The minimum absolute atomic E-state index is 0.0286. The summed E-state index contributed by atoms with van der Waals surface area (Å²) in [5.74, 6) is 1.48. The number of likely N-dealkylation sites (tertiary alicyclic amines) is 1. The van der Waals surface area contributed by atoms with Crippen LogP contribution in [0.1, 0.15) is 43.2 Å². The van der Waals surface area contributed by atoms with Crippen LogP contribution >= 0.6 is 0 Å². The fourth-order valence-corrected chi connectivity index (χ4v) is 5.51. The van der Waals surface area contributed by atoms with Crippen LogP contribution in [0.2, 0.25) is 0 Å². The molecule has 0 unspecified atom stereocenters. The number of carbonyl (C=O) groups is 2. The number of nitrogens with zero attached hydrogens (tertiary/aromatic N) is 5. The Balaban J connectivity index is 0.00000124. The number of piperidine rings is 2. The third-order valence-electron chi connectivity index (χ3n) is 7.85. The molecule has 0 aliphatic carbocycles. The van der Waals surface area contributed by atoms with Crippen LogP contribution in [0.25, 0.3) is 11.4 Å². The Kier molecular flexibility index (Phi) is 11.3. The molecule has 2 saturated heterocycles. The molecule has 2 fully saturated rings. The van der Waals surface area contributed by atoms with Crippen LogP contribution in [-0.2, 0) is 16.0 Å². The van der Waals surface area contributed by atoms with E-state index in [1.807, 2.05) is 17.0 Å². The van der Waals surface area contributed by atoms with Gasteiger partial charge in [-0.3, -0.25) is 9.59 Å². The number of hydrogen-bond acceptors (Lipinski definition) is 8. The molecule has 41 heavy (non-hydrogen) atoms. The second kappa shape index (κ2) is 15.5. The Bertz CT molecular complexity index is 1260. The summed E-state index contributed by atoms with van der Waals surface area (Å²) in [6.45, 7) is 5.28. The van der Waals surface area contributed by atoms with E-state index in [0.29, 0.717) is 30.5 Å². The van der Waals surface area contributed by atoms with Crippen molar-refractivity contribution in [3.05, 3.63) is 65.7 Å². The maximum Gasteiger partial charge on any atom is 0.324 e. The van der Waals surface area contributed by atoms with E-state index in [-0.39, 0.29) is 18.3 Å². The van der Waals surface area contributed by atoms with Crippen LogP contribution in [0.15, 0.2) is 59.1 Å². The molecule has 0 saturated carbocycles. The first-order valence-electron chi connectivity index (χ1n) is 14.3. The van der Waals surface area contributed by atoms with Gasteiger partial charge in [-0.05, 0) is 93.9 Å². The molecule has 3 heterocycles. The normalized spacial score (nSPS) is 16.3. The molecule has 0 bridgehead atoms. The summed E-state index contributed by atoms with van der Waals surface area (Å²) in [7, 11) is 0. The predicted molar refractivity (Wildman–Crippen MR) is 155 cm³/mol. The third kappa shape index (κ3) is 8.88. The number of hydrogen-bond donors (Lipinski definition) is 2. The van der Waals surface area contributed by atoms with E-state index in [9.17, 15) is 4.79 Å². The molecule has 0 spiro atoms. The molecular formula is C31H38N6O4. The fraction of sp³-hybridized carbons (Fsp3) is 0.452. The highest BCUT2D eigenvalue weighted by molar-refractivity contribution is 5.78. The first kappa shape index (κ1) is 29.7. The molecule has 1 aromatic heterocycles. The number of anilines is 1. The van der Waals surface area contributed by atoms with Crippen molar-refractivity contribution in [3.63, 3.8) is 0 Å². The van der Waals surface area contributed by atoms with Crippen LogP contribution in [0.4, 0.5) is 6.01 Å². The number of amides is 1. The SMILES string of the molecule is N#Cc1ccc(-c2noc(N3CCC(C(=O)NCCCN4CCC(Cc5ccccc5)CC4)CC3)n2)cc1.O=CO. The summed E-state index contributed by atoms with van der Waals surface area (Å²) in [5.41, 5.74) is 2.85. The van der Waals surface area contributed by atoms with Crippen LogP contribution in [0, 0.1) is 23.2 Å². The maximum absolute atomic E-state index is 12.7. The summed E-state index contributed by atoms with van der Waals surface area (Å²) >= 11 is 0. The molecule has 3 aromatic rings. The highest BCUT2D eigenvalue weighted by atomic mass is 16.5. The molecule has 216 valence electrons. The van der Waals surface area contributed by atoms with Gasteiger partial charge in [0.1, 0.15) is 0 Å². The Labute approximate surface area is 241 Å². The van der Waals surface area contributed by atoms with Gasteiger partial charge in [0.15, 0.2) is 0 Å². The molecule has 2 aliphatic rings. The molecule has 2 aliphatic heterocycles. The van der Waals surface area contributed by atoms with E-state index in [1.54, 1.807) is 12.1 Å². The number of nitrogens with one attached hydrogen (secondary N) is 1. The standard InChI is InChI=1S/C30H36N6O2.CH2O2/c31-22-25-7-9-26(10-8-25)28-33-30(38-34-28)36-19-13-27(14-20-36)29(37)32-15-4-16-35-17-11-24(12-18-35)21-23-5-2-1-3-6-23;2-1-3/h1-3,5-10,24,27H,4,11-21H2,(H,32,37);1H,(H,2,3). The molecule has 10 nitrogen and oxygen atoms in total. The van der Waals surface area contributed by atoms with Crippen molar-refractivity contribution in [2.45, 2.75) is 38.5 Å². The minimum atomic E-state index is -0.250. The lowest BCUT2D eigenvalue weighted by Crippen LogP contribution is -2.41. The Hall–Kier alpha value is -4.23. The summed E-state index contributed by atoms with van der Waals surface area (Å²) in [4.78, 5) is 30.2. The predicted octanol–water partition coefficient (Wildman–Crippen LogP) is 3.99. The van der Waals surface area contributed by atoms with Crippen molar-refractivity contribution in [2.75, 3.05) is 44.2 Å². The molecular weight excluding hydrogens is 520 g/mol. The zero-order valence-electron chi connectivity index (χ0n) is 23.3. The topological polar surface area (TPSA) is 136 Å². The monoisotopic (exact) mass is 558 g/mol. The Morgan fingerprint density at radius 2 is 1.73 bits per heavy atom. The number of benzene rings is 2. The van der Waals surface area contributed by atoms with Gasteiger partial charge in [-0.25, -0.2) is 0 Å². The van der Waals surface area contributed by atoms with Gasteiger partial charge in [-0.1, -0.05) is 35.5 Å². The van der Waals surface area contributed by atoms with E-state index < -0.39 is 0 Å². The molecule has 0 radical (unpaired) electrons. The number of nitriles is 1. The Morgan fingerprint density at radius 1 is 1.05 bits per heavy atom. The third-order valence-corrected chi connectivity index (χ3v) is 7.85. The smallest absolute Gasteiger partial charge is 0.324 e.